The first-order chi connectivity index (χ1) is 12.7. The van der Waals surface area contributed by atoms with Gasteiger partial charge in [0, 0.05) is 26.1 Å². The molecule has 3 nitrogen and oxygen atoms in total. The summed E-state index contributed by atoms with van der Waals surface area (Å²) in [5.74, 6) is 0.285. The van der Waals surface area contributed by atoms with Crippen LogP contribution in [0.5, 0.6) is 0 Å². The highest BCUT2D eigenvalue weighted by Crippen LogP contribution is 2.17. The van der Waals surface area contributed by atoms with Crippen LogP contribution in [-0.2, 0) is 17.6 Å². The summed E-state index contributed by atoms with van der Waals surface area (Å²) in [6.07, 6.45) is 6.13. The summed E-state index contributed by atoms with van der Waals surface area (Å²) in [7, 11) is 1.99. The van der Waals surface area contributed by atoms with Crippen molar-refractivity contribution in [2.75, 3.05) is 26.7 Å². The Kier molecular flexibility index (Phi) is 7.27. The summed E-state index contributed by atoms with van der Waals surface area (Å²) in [4.78, 5) is 17.1. The highest BCUT2D eigenvalue weighted by Gasteiger charge is 2.25. The zero-order valence-corrected chi connectivity index (χ0v) is 16.6. The monoisotopic (exact) mass is 370 g/mol. The summed E-state index contributed by atoms with van der Waals surface area (Å²) in [5.41, 5.74) is 2.70. The van der Waals surface area contributed by atoms with Crippen molar-refractivity contribution >= 4 is 17.2 Å². The van der Waals surface area contributed by atoms with Gasteiger partial charge in [-0.3, -0.25) is 4.79 Å². The standard InChI is InChI=1S/C22H30N2OS/c1-23(22(25)12-11-20-13-16-26-18-20)21-10-6-15-24(17-21)14-5-9-19-7-3-2-4-8-19/h2-4,7-8,13,16,18,21H,5-6,9-12,14-15,17H2,1H3/t21-/m0/s1. The summed E-state index contributed by atoms with van der Waals surface area (Å²) >= 11 is 1.70. The van der Waals surface area contributed by atoms with Crippen LogP contribution in [0.15, 0.2) is 47.2 Å². The number of hydrogen-bond donors (Lipinski definition) is 0. The predicted octanol–water partition coefficient (Wildman–Crippen LogP) is 4.24. The lowest BCUT2D eigenvalue weighted by atomic mass is 10.0. The molecule has 2 aromatic rings. The number of carbonyl (C=O) groups excluding carboxylic acids is 1. The highest BCUT2D eigenvalue weighted by molar-refractivity contribution is 7.07. The van der Waals surface area contributed by atoms with Gasteiger partial charge in [0.2, 0.25) is 5.91 Å². The van der Waals surface area contributed by atoms with Crippen molar-refractivity contribution in [2.45, 2.75) is 44.6 Å². The van der Waals surface area contributed by atoms with E-state index >= 15 is 0 Å². The molecular weight excluding hydrogens is 340 g/mol. The van der Waals surface area contributed by atoms with Crippen LogP contribution in [0.25, 0.3) is 0 Å². The highest BCUT2D eigenvalue weighted by atomic mass is 32.1. The molecule has 0 unspecified atom stereocenters. The van der Waals surface area contributed by atoms with Gasteiger partial charge in [0.15, 0.2) is 0 Å². The van der Waals surface area contributed by atoms with E-state index in [-0.39, 0.29) is 5.91 Å². The molecule has 1 saturated heterocycles. The minimum atomic E-state index is 0.285. The van der Waals surface area contributed by atoms with Crippen molar-refractivity contribution in [3.8, 4) is 0 Å². The Labute approximate surface area is 161 Å². The van der Waals surface area contributed by atoms with Crippen molar-refractivity contribution in [1.29, 1.82) is 0 Å². The molecule has 2 heterocycles. The number of likely N-dealkylation sites (tertiary alicyclic amines) is 1. The third kappa shape index (κ3) is 5.68. The quantitative estimate of drug-likeness (QED) is 0.694. The molecule has 0 N–H and O–H groups in total. The molecule has 140 valence electrons. The minimum absolute atomic E-state index is 0.285. The molecule has 1 aromatic carbocycles. The van der Waals surface area contributed by atoms with E-state index in [1.54, 1.807) is 11.3 Å². The smallest absolute Gasteiger partial charge is 0.222 e. The van der Waals surface area contributed by atoms with Crippen LogP contribution in [-0.4, -0.2) is 48.4 Å². The van der Waals surface area contributed by atoms with Gasteiger partial charge in [-0.25, -0.2) is 0 Å². The average molecular weight is 371 g/mol. The lowest BCUT2D eigenvalue weighted by Crippen LogP contribution is -2.48. The van der Waals surface area contributed by atoms with Crippen molar-refractivity contribution < 1.29 is 4.79 Å². The Hall–Kier alpha value is -1.65. The first-order valence-corrected chi connectivity index (χ1v) is 10.7. The van der Waals surface area contributed by atoms with Gasteiger partial charge in [0.1, 0.15) is 0 Å². The Morgan fingerprint density at radius 3 is 2.81 bits per heavy atom. The second-order valence-electron chi connectivity index (χ2n) is 7.32. The van der Waals surface area contributed by atoms with Crippen LogP contribution in [0.3, 0.4) is 0 Å². The number of aryl methyl sites for hydroxylation is 2. The summed E-state index contributed by atoms with van der Waals surface area (Å²) in [6, 6.07) is 13.2. The van der Waals surface area contributed by atoms with Crippen LogP contribution in [0, 0.1) is 0 Å². The second-order valence-corrected chi connectivity index (χ2v) is 8.10. The van der Waals surface area contributed by atoms with Crippen LogP contribution < -0.4 is 0 Å². The molecule has 1 aromatic heterocycles. The van der Waals surface area contributed by atoms with Crippen LogP contribution in [0.4, 0.5) is 0 Å². The number of amides is 1. The zero-order chi connectivity index (χ0) is 18.2. The van der Waals surface area contributed by atoms with Gasteiger partial charge in [-0.1, -0.05) is 30.3 Å². The number of nitrogens with zero attached hydrogens (tertiary/aromatic N) is 2. The van der Waals surface area contributed by atoms with Gasteiger partial charge in [-0.05, 0) is 73.1 Å². The van der Waals surface area contributed by atoms with E-state index in [1.165, 1.54) is 30.5 Å². The Bertz CT molecular complexity index is 656. The Balaban J connectivity index is 1.41. The maximum Gasteiger partial charge on any atom is 0.222 e. The fraction of sp³-hybridized carbons (Fsp3) is 0.500. The summed E-state index contributed by atoms with van der Waals surface area (Å²) < 4.78 is 0. The maximum absolute atomic E-state index is 12.6. The SMILES string of the molecule is CN(C(=O)CCc1ccsc1)[C@H]1CCCN(CCCc2ccccc2)C1. The number of likely N-dealkylation sites (N-methyl/N-ethyl adjacent to an activating group) is 1. The fourth-order valence-corrected chi connectivity index (χ4v) is 4.47. The first kappa shape index (κ1) is 19.1. The number of benzene rings is 1. The number of carbonyl (C=O) groups is 1. The molecule has 0 saturated carbocycles. The van der Waals surface area contributed by atoms with Crippen LogP contribution >= 0.6 is 11.3 Å². The van der Waals surface area contributed by atoms with Crippen molar-refractivity contribution in [3.63, 3.8) is 0 Å². The van der Waals surface area contributed by atoms with Gasteiger partial charge in [0.05, 0.1) is 0 Å². The molecule has 0 radical (unpaired) electrons. The van der Waals surface area contributed by atoms with Gasteiger partial charge in [-0.15, -0.1) is 0 Å². The fourth-order valence-electron chi connectivity index (χ4n) is 3.77. The second kappa shape index (κ2) is 9.89. The third-order valence-corrected chi connectivity index (χ3v) is 6.14. The first-order valence-electron chi connectivity index (χ1n) is 9.75. The molecule has 1 atom stereocenters. The lowest BCUT2D eigenvalue weighted by molar-refractivity contribution is -0.133. The Morgan fingerprint density at radius 2 is 2.04 bits per heavy atom. The molecular formula is C22H30N2OS. The normalized spacial score (nSPS) is 18.0. The summed E-state index contributed by atoms with van der Waals surface area (Å²) in [5, 5.41) is 4.22. The number of rotatable bonds is 8. The topological polar surface area (TPSA) is 23.6 Å². The van der Waals surface area contributed by atoms with Gasteiger partial charge in [-0.2, -0.15) is 11.3 Å². The van der Waals surface area contributed by atoms with E-state index in [4.69, 9.17) is 0 Å². The molecule has 3 rings (SSSR count). The van der Waals surface area contributed by atoms with Crippen molar-refractivity contribution in [2.24, 2.45) is 0 Å². The predicted molar refractivity (Wildman–Crippen MR) is 110 cm³/mol. The number of thiophene rings is 1. The molecule has 1 aliphatic heterocycles. The zero-order valence-electron chi connectivity index (χ0n) is 15.8. The van der Waals surface area contributed by atoms with Gasteiger partial charge >= 0.3 is 0 Å². The molecule has 0 spiro atoms. The van der Waals surface area contributed by atoms with E-state index in [0.29, 0.717) is 12.5 Å². The molecule has 1 aliphatic rings. The molecule has 1 amide bonds. The largest absolute Gasteiger partial charge is 0.341 e. The van der Waals surface area contributed by atoms with Crippen LogP contribution in [0.1, 0.15) is 36.8 Å². The van der Waals surface area contributed by atoms with Crippen LogP contribution in [0.2, 0.25) is 0 Å². The third-order valence-electron chi connectivity index (χ3n) is 5.41. The Morgan fingerprint density at radius 1 is 1.19 bits per heavy atom. The van der Waals surface area contributed by atoms with E-state index in [0.717, 1.165) is 32.4 Å². The van der Waals surface area contributed by atoms with E-state index < -0.39 is 0 Å². The van der Waals surface area contributed by atoms with Gasteiger partial charge in [0.25, 0.3) is 0 Å². The molecule has 0 aliphatic carbocycles. The number of hydrogen-bond acceptors (Lipinski definition) is 3. The lowest BCUT2D eigenvalue weighted by Gasteiger charge is -2.37. The number of piperidine rings is 1. The van der Waals surface area contributed by atoms with E-state index in [9.17, 15) is 4.79 Å². The van der Waals surface area contributed by atoms with Gasteiger partial charge < -0.3 is 9.80 Å². The van der Waals surface area contributed by atoms with Crippen molar-refractivity contribution in [3.05, 3.63) is 58.3 Å². The minimum Gasteiger partial charge on any atom is -0.341 e. The average Bonchev–Trinajstić information content (AvgIpc) is 3.20. The maximum atomic E-state index is 12.6. The molecule has 26 heavy (non-hydrogen) atoms. The summed E-state index contributed by atoms with van der Waals surface area (Å²) in [6.45, 7) is 3.32. The molecule has 4 heteroatoms. The van der Waals surface area contributed by atoms with E-state index in [2.05, 4.69) is 52.1 Å². The molecule has 0 bridgehead atoms. The van der Waals surface area contributed by atoms with E-state index in [1.807, 2.05) is 11.9 Å². The molecule has 1 fully saturated rings. The van der Waals surface area contributed by atoms with Crippen molar-refractivity contribution in [1.82, 2.24) is 9.80 Å².